The van der Waals surface area contributed by atoms with Gasteiger partial charge in [-0.2, -0.15) is 0 Å². The van der Waals surface area contributed by atoms with Gasteiger partial charge in [-0.15, -0.1) is 11.3 Å². The summed E-state index contributed by atoms with van der Waals surface area (Å²) in [7, 11) is 0. The third-order valence-corrected chi connectivity index (χ3v) is 6.03. The van der Waals surface area contributed by atoms with Crippen LogP contribution < -0.4 is 10.1 Å². The van der Waals surface area contributed by atoms with Gasteiger partial charge in [-0.05, 0) is 48.0 Å². The van der Waals surface area contributed by atoms with E-state index in [1.165, 1.54) is 10.4 Å². The minimum atomic E-state index is -0.0110. The summed E-state index contributed by atoms with van der Waals surface area (Å²) in [5, 5.41) is 5.44. The third kappa shape index (κ3) is 4.65. The molecule has 2 heterocycles. The first kappa shape index (κ1) is 18.9. The number of ether oxygens (including phenoxy) is 1. The zero-order valence-electron chi connectivity index (χ0n) is 15.6. The quantitative estimate of drug-likeness (QED) is 0.764. The van der Waals surface area contributed by atoms with Crippen molar-refractivity contribution in [3.05, 3.63) is 52.2 Å². The van der Waals surface area contributed by atoms with E-state index < -0.39 is 0 Å². The summed E-state index contributed by atoms with van der Waals surface area (Å²) in [5.41, 5.74) is 1.24. The monoisotopic (exact) mass is 372 g/mol. The van der Waals surface area contributed by atoms with Crippen LogP contribution in [0.25, 0.3) is 0 Å². The van der Waals surface area contributed by atoms with E-state index in [9.17, 15) is 4.79 Å². The van der Waals surface area contributed by atoms with Crippen LogP contribution in [-0.4, -0.2) is 37.0 Å². The van der Waals surface area contributed by atoms with Gasteiger partial charge in [-0.1, -0.05) is 38.5 Å². The molecule has 0 spiro atoms. The second-order valence-corrected chi connectivity index (χ2v) is 7.92. The zero-order chi connectivity index (χ0) is 18.4. The van der Waals surface area contributed by atoms with Gasteiger partial charge in [0.2, 0.25) is 5.91 Å². The Morgan fingerprint density at radius 2 is 2.15 bits per heavy atom. The Morgan fingerprint density at radius 3 is 2.92 bits per heavy atom. The summed E-state index contributed by atoms with van der Waals surface area (Å²) in [5.74, 6) is 1.59. The number of fused-ring (bicyclic) bond motifs is 1. The highest BCUT2D eigenvalue weighted by Crippen LogP contribution is 2.33. The number of amides is 1. The molecule has 1 aliphatic heterocycles. The van der Waals surface area contributed by atoms with Gasteiger partial charge in [0.1, 0.15) is 12.4 Å². The fourth-order valence-corrected chi connectivity index (χ4v) is 4.17. The van der Waals surface area contributed by atoms with E-state index in [0.717, 1.165) is 31.7 Å². The van der Waals surface area contributed by atoms with Crippen LogP contribution in [-0.2, 0) is 11.2 Å². The molecule has 1 aromatic heterocycles. The van der Waals surface area contributed by atoms with Gasteiger partial charge < -0.3 is 15.0 Å². The Morgan fingerprint density at radius 1 is 1.35 bits per heavy atom. The number of hydrogen-bond acceptors (Lipinski definition) is 4. The van der Waals surface area contributed by atoms with Gasteiger partial charge in [0.15, 0.2) is 0 Å². The normalized spacial score (nSPS) is 17.6. The lowest BCUT2D eigenvalue weighted by Crippen LogP contribution is -2.46. The predicted octanol–water partition coefficient (Wildman–Crippen LogP) is 3.89. The second-order valence-electron chi connectivity index (χ2n) is 6.92. The van der Waals surface area contributed by atoms with E-state index in [1.807, 2.05) is 35.2 Å². The van der Waals surface area contributed by atoms with Crippen molar-refractivity contribution in [3.63, 3.8) is 0 Å². The zero-order valence-corrected chi connectivity index (χ0v) is 16.4. The Kier molecular flexibility index (Phi) is 6.69. The lowest BCUT2D eigenvalue weighted by Gasteiger charge is -2.36. The average Bonchev–Trinajstić information content (AvgIpc) is 3.15. The average molecular weight is 373 g/mol. The second kappa shape index (κ2) is 9.19. The highest BCUT2D eigenvalue weighted by atomic mass is 32.1. The van der Waals surface area contributed by atoms with E-state index in [-0.39, 0.29) is 11.9 Å². The molecule has 2 aromatic rings. The molecule has 1 aromatic carbocycles. The number of nitrogens with one attached hydrogen (secondary N) is 1. The summed E-state index contributed by atoms with van der Waals surface area (Å²) in [6, 6.07) is 12.0. The van der Waals surface area contributed by atoms with E-state index in [2.05, 4.69) is 30.6 Å². The van der Waals surface area contributed by atoms with E-state index in [0.29, 0.717) is 19.1 Å². The minimum Gasteiger partial charge on any atom is -0.491 e. The Hall–Kier alpha value is -1.85. The standard InChI is InChI=1S/C21H28N2O2S/c1-3-16(2)13-22-14-21(24)23-11-9-20-18(10-12-26-20)19(23)15-25-17-7-5-4-6-8-17/h4-8,10,12,16,19,22H,3,9,11,13-15H2,1-2H3. The Labute approximate surface area is 160 Å². The predicted molar refractivity (Wildman–Crippen MR) is 107 cm³/mol. The van der Waals surface area contributed by atoms with Crippen LogP contribution in [0.4, 0.5) is 0 Å². The molecule has 5 heteroatoms. The summed E-state index contributed by atoms with van der Waals surface area (Å²) >= 11 is 1.78. The van der Waals surface area contributed by atoms with Gasteiger partial charge in [0.05, 0.1) is 12.6 Å². The van der Waals surface area contributed by atoms with Crippen molar-refractivity contribution in [2.75, 3.05) is 26.2 Å². The Balaban J connectivity index is 1.66. The lowest BCUT2D eigenvalue weighted by molar-refractivity contribution is -0.133. The number of benzene rings is 1. The molecule has 3 rings (SSSR count). The van der Waals surface area contributed by atoms with Crippen LogP contribution in [0.3, 0.4) is 0 Å². The number of carbonyl (C=O) groups excluding carboxylic acids is 1. The molecule has 2 unspecified atom stereocenters. The lowest BCUT2D eigenvalue weighted by atomic mass is 10.0. The first-order chi connectivity index (χ1) is 12.7. The number of carbonyl (C=O) groups is 1. The SMILES string of the molecule is CCC(C)CNCC(=O)N1CCc2sccc2C1COc1ccccc1. The van der Waals surface area contributed by atoms with Gasteiger partial charge in [-0.25, -0.2) is 0 Å². The maximum absolute atomic E-state index is 12.8. The van der Waals surface area contributed by atoms with Crippen LogP contribution >= 0.6 is 11.3 Å². The fraction of sp³-hybridized carbons (Fsp3) is 0.476. The molecule has 26 heavy (non-hydrogen) atoms. The topological polar surface area (TPSA) is 41.6 Å². The molecule has 0 radical (unpaired) electrons. The van der Waals surface area contributed by atoms with Crippen LogP contribution in [0, 0.1) is 5.92 Å². The summed E-state index contributed by atoms with van der Waals surface area (Å²) < 4.78 is 6.00. The minimum absolute atomic E-state index is 0.0110. The largest absolute Gasteiger partial charge is 0.491 e. The Bertz CT molecular complexity index is 701. The molecular formula is C21H28N2O2S. The van der Waals surface area contributed by atoms with Crippen LogP contribution in [0.2, 0.25) is 0 Å². The van der Waals surface area contributed by atoms with E-state index in [4.69, 9.17) is 4.74 Å². The van der Waals surface area contributed by atoms with Gasteiger partial charge in [-0.3, -0.25) is 4.79 Å². The summed E-state index contributed by atoms with van der Waals surface area (Å²) in [6.07, 6.45) is 2.06. The third-order valence-electron chi connectivity index (χ3n) is 5.03. The van der Waals surface area contributed by atoms with Crippen molar-refractivity contribution in [1.82, 2.24) is 10.2 Å². The summed E-state index contributed by atoms with van der Waals surface area (Å²) in [6.45, 7) is 6.90. The van der Waals surface area contributed by atoms with Gasteiger partial charge in [0, 0.05) is 11.4 Å². The molecular weight excluding hydrogens is 344 g/mol. The van der Waals surface area contributed by atoms with Crippen molar-refractivity contribution < 1.29 is 9.53 Å². The first-order valence-electron chi connectivity index (χ1n) is 9.43. The van der Waals surface area contributed by atoms with Crippen molar-refractivity contribution in [1.29, 1.82) is 0 Å². The van der Waals surface area contributed by atoms with Crippen molar-refractivity contribution in [2.24, 2.45) is 5.92 Å². The van der Waals surface area contributed by atoms with Crippen LogP contribution in [0.5, 0.6) is 5.75 Å². The number of nitrogens with zero attached hydrogens (tertiary/aromatic N) is 1. The number of thiophene rings is 1. The molecule has 0 aliphatic carbocycles. The maximum Gasteiger partial charge on any atom is 0.237 e. The molecule has 0 fully saturated rings. The van der Waals surface area contributed by atoms with Gasteiger partial charge in [0.25, 0.3) is 0 Å². The van der Waals surface area contributed by atoms with Crippen molar-refractivity contribution in [2.45, 2.75) is 32.7 Å². The highest BCUT2D eigenvalue weighted by molar-refractivity contribution is 7.10. The molecule has 0 saturated carbocycles. The summed E-state index contributed by atoms with van der Waals surface area (Å²) in [4.78, 5) is 16.2. The van der Waals surface area contributed by atoms with Crippen LogP contribution in [0.15, 0.2) is 41.8 Å². The molecule has 1 aliphatic rings. The smallest absolute Gasteiger partial charge is 0.237 e. The van der Waals surface area contributed by atoms with Gasteiger partial charge >= 0.3 is 0 Å². The molecule has 0 saturated heterocycles. The number of rotatable bonds is 8. The molecule has 1 amide bonds. The van der Waals surface area contributed by atoms with E-state index >= 15 is 0 Å². The highest BCUT2D eigenvalue weighted by Gasteiger charge is 2.31. The molecule has 4 nitrogen and oxygen atoms in total. The number of hydrogen-bond donors (Lipinski definition) is 1. The first-order valence-corrected chi connectivity index (χ1v) is 10.3. The molecule has 1 N–H and O–H groups in total. The van der Waals surface area contributed by atoms with Crippen molar-refractivity contribution >= 4 is 17.2 Å². The molecule has 2 atom stereocenters. The van der Waals surface area contributed by atoms with Crippen LogP contribution in [0.1, 0.15) is 36.8 Å². The maximum atomic E-state index is 12.8. The van der Waals surface area contributed by atoms with Crippen molar-refractivity contribution in [3.8, 4) is 5.75 Å². The molecule has 140 valence electrons. The van der Waals surface area contributed by atoms with E-state index in [1.54, 1.807) is 11.3 Å². The fourth-order valence-electron chi connectivity index (χ4n) is 3.24. The number of para-hydroxylation sites is 1. The molecule has 0 bridgehead atoms.